The monoisotopic (exact) mass is 325 g/mol. The molecular formula is C14H17N2O5S-. The molecule has 0 saturated carbocycles. The molecule has 1 heterocycles. The van der Waals surface area contributed by atoms with Crippen LogP contribution in [0.1, 0.15) is 26.2 Å². The van der Waals surface area contributed by atoms with Crippen LogP contribution in [0.5, 0.6) is 0 Å². The predicted octanol–water partition coefficient (Wildman–Crippen LogP) is -0.0619. The fourth-order valence-electron chi connectivity index (χ4n) is 2.48. The number of nitrogens with one attached hydrogen (secondary N) is 1. The lowest BCUT2D eigenvalue weighted by molar-refractivity contribution is -0.311. The summed E-state index contributed by atoms with van der Waals surface area (Å²) in [5.41, 5.74) is 0.474. The second-order valence-electron chi connectivity index (χ2n) is 5.15. The number of rotatable bonds is 4. The van der Waals surface area contributed by atoms with Gasteiger partial charge >= 0.3 is 0 Å². The number of carboxylic acid groups (broad SMARTS) is 1. The Morgan fingerprint density at radius 1 is 1.23 bits per heavy atom. The van der Waals surface area contributed by atoms with Gasteiger partial charge in [0, 0.05) is 19.2 Å². The number of hydrogen-bond acceptors (Lipinski definition) is 5. The molecule has 22 heavy (non-hydrogen) atoms. The van der Waals surface area contributed by atoms with E-state index in [4.69, 9.17) is 0 Å². The number of sulfonamides is 1. The van der Waals surface area contributed by atoms with Crippen LogP contribution in [0.2, 0.25) is 0 Å². The summed E-state index contributed by atoms with van der Waals surface area (Å²) in [5, 5.41) is 13.7. The van der Waals surface area contributed by atoms with Gasteiger partial charge in [-0.15, -0.1) is 0 Å². The van der Waals surface area contributed by atoms with E-state index in [0.717, 1.165) is 4.31 Å². The van der Waals surface area contributed by atoms with Crippen molar-refractivity contribution in [1.82, 2.24) is 4.31 Å². The maximum atomic E-state index is 12.6. The summed E-state index contributed by atoms with van der Waals surface area (Å²) >= 11 is 0. The largest absolute Gasteiger partial charge is 0.548 e. The summed E-state index contributed by atoms with van der Waals surface area (Å²) in [6.45, 7) is 1.51. The molecule has 120 valence electrons. The molecule has 1 fully saturated rings. The molecule has 0 aromatic heterocycles. The first kappa shape index (κ1) is 16.4. The van der Waals surface area contributed by atoms with Crippen molar-refractivity contribution in [3.05, 3.63) is 24.3 Å². The number of anilines is 1. The second kappa shape index (κ2) is 6.45. The summed E-state index contributed by atoms with van der Waals surface area (Å²) in [6.07, 6.45) is 1.53. The summed E-state index contributed by atoms with van der Waals surface area (Å²) in [7, 11) is -3.90. The van der Waals surface area contributed by atoms with E-state index in [0.29, 0.717) is 18.5 Å². The molecule has 1 aromatic carbocycles. The molecule has 1 atom stereocenters. The molecule has 1 aliphatic rings. The number of amides is 1. The van der Waals surface area contributed by atoms with Gasteiger partial charge in [-0.25, -0.2) is 8.42 Å². The highest BCUT2D eigenvalue weighted by Crippen LogP contribution is 2.26. The molecule has 0 unspecified atom stereocenters. The van der Waals surface area contributed by atoms with E-state index in [1.807, 2.05) is 0 Å². The number of carbonyl (C=O) groups is 2. The van der Waals surface area contributed by atoms with Crippen molar-refractivity contribution in [1.29, 1.82) is 0 Å². The Hall–Kier alpha value is -1.93. The number of nitrogens with zero attached hydrogens (tertiary/aromatic N) is 1. The van der Waals surface area contributed by atoms with E-state index in [2.05, 4.69) is 5.32 Å². The molecular weight excluding hydrogens is 308 g/mol. The van der Waals surface area contributed by atoms with Gasteiger partial charge in [-0.2, -0.15) is 4.31 Å². The van der Waals surface area contributed by atoms with Crippen LogP contribution in [0.15, 0.2) is 29.2 Å². The second-order valence-corrected chi connectivity index (χ2v) is 7.04. The highest BCUT2D eigenvalue weighted by Gasteiger charge is 2.34. The first-order valence-electron chi connectivity index (χ1n) is 6.93. The topological polar surface area (TPSA) is 107 Å². The van der Waals surface area contributed by atoms with Crippen LogP contribution in [-0.4, -0.2) is 37.2 Å². The Labute approximate surface area is 129 Å². The number of hydrogen-bond donors (Lipinski definition) is 1. The Balaban J connectivity index is 2.28. The van der Waals surface area contributed by atoms with Gasteiger partial charge in [-0.3, -0.25) is 4.79 Å². The molecule has 1 aromatic rings. The van der Waals surface area contributed by atoms with Gasteiger partial charge in [0.1, 0.15) is 0 Å². The average Bonchev–Trinajstić information content (AvgIpc) is 2.47. The molecule has 1 aliphatic heterocycles. The SMILES string of the molecule is CC(=O)Nc1ccc(S(=O)(=O)N2CCCC[C@H]2C(=O)[O-])cc1. The van der Waals surface area contributed by atoms with E-state index in [1.54, 1.807) is 0 Å². The zero-order valence-electron chi connectivity index (χ0n) is 12.1. The fraction of sp³-hybridized carbons (Fsp3) is 0.429. The lowest BCUT2D eigenvalue weighted by Gasteiger charge is -2.35. The molecule has 8 heteroatoms. The standard InChI is InChI=1S/C14H18N2O5S/c1-10(17)15-11-5-7-12(8-6-11)22(20,21)16-9-3-2-4-13(16)14(18)19/h5-8,13H,2-4,9H2,1H3,(H,15,17)(H,18,19)/p-1/t13-/m0/s1. The van der Waals surface area contributed by atoms with E-state index in [9.17, 15) is 23.1 Å². The highest BCUT2D eigenvalue weighted by molar-refractivity contribution is 7.89. The minimum absolute atomic E-state index is 0.00486. The maximum absolute atomic E-state index is 12.6. The van der Waals surface area contributed by atoms with Crippen LogP contribution in [0.25, 0.3) is 0 Å². The Kier molecular flexibility index (Phi) is 4.82. The smallest absolute Gasteiger partial charge is 0.243 e. The molecule has 1 amide bonds. The third kappa shape index (κ3) is 3.45. The van der Waals surface area contributed by atoms with E-state index < -0.39 is 22.0 Å². The van der Waals surface area contributed by atoms with Gasteiger partial charge in [0.05, 0.1) is 16.9 Å². The number of benzene rings is 1. The van der Waals surface area contributed by atoms with Crippen molar-refractivity contribution in [2.45, 2.75) is 37.1 Å². The van der Waals surface area contributed by atoms with Crippen molar-refractivity contribution < 1.29 is 23.1 Å². The van der Waals surface area contributed by atoms with Crippen LogP contribution >= 0.6 is 0 Å². The number of aliphatic carboxylic acids is 1. The minimum Gasteiger partial charge on any atom is -0.548 e. The normalized spacial score (nSPS) is 19.6. The van der Waals surface area contributed by atoms with Gasteiger partial charge in [0.25, 0.3) is 0 Å². The Morgan fingerprint density at radius 2 is 1.86 bits per heavy atom. The summed E-state index contributed by atoms with van der Waals surface area (Å²) in [6, 6.07) is 4.50. The number of carboxylic acids is 1. The first-order chi connectivity index (χ1) is 10.3. The third-order valence-corrected chi connectivity index (χ3v) is 5.43. The quantitative estimate of drug-likeness (QED) is 0.834. The summed E-state index contributed by atoms with van der Waals surface area (Å²) in [4.78, 5) is 22.1. The van der Waals surface area contributed by atoms with Gasteiger partial charge in [-0.1, -0.05) is 6.42 Å². The van der Waals surface area contributed by atoms with Gasteiger partial charge in [0.2, 0.25) is 15.9 Å². The van der Waals surface area contributed by atoms with E-state index in [1.165, 1.54) is 31.2 Å². The van der Waals surface area contributed by atoms with Crippen molar-refractivity contribution in [3.63, 3.8) is 0 Å². The fourth-order valence-corrected chi connectivity index (χ4v) is 4.12. The third-order valence-electron chi connectivity index (χ3n) is 3.51. The molecule has 1 saturated heterocycles. The summed E-state index contributed by atoms with van der Waals surface area (Å²) < 4.78 is 26.2. The van der Waals surface area contributed by atoms with Crippen molar-refractivity contribution in [2.75, 3.05) is 11.9 Å². The lowest BCUT2D eigenvalue weighted by Crippen LogP contribution is -2.52. The van der Waals surface area contributed by atoms with Gasteiger partial charge in [-0.05, 0) is 37.1 Å². The maximum Gasteiger partial charge on any atom is 0.243 e. The molecule has 0 radical (unpaired) electrons. The van der Waals surface area contributed by atoms with Crippen molar-refractivity contribution in [2.24, 2.45) is 0 Å². The summed E-state index contributed by atoms with van der Waals surface area (Å²) in [5.74, 6) is -1.64. The molecule has 2 rings (SSSR count). The van der Waals surface area contributed by atoms with Crippen LogP contribution in [0.4, 0.5) is 5.69 Å². The highest BCUT2D eigenvalue weighted by atomic mass is 32.2. The molecule has 0 bridgehead atoms. The Morgan fingerprint density at radius 3 is 2.41 bits per heavy atom. The lowest BCUT2D eigenvalue weighted by atomic mass is 10.1. The number of piperidine rings is 1. The zero-order valence-corrected chi connectivity index (χ0v) is 12.9. The molecule has 7 nitrogen and oxygen atoms in total. The minimum atomic E-state index is -3.90. The Bertz CT molecular complexity index is 669. The van der Waals surface area contributed by atoms with Crippen LogP contribution < -0.4 is 10.4 Å². The van der Waals surface area contributed by atoms with Gasteiger partial charge < -0.3 is 15.2 Å². The van der Waals surface area contributed by atoms with Crippen LogP contribution in [0, 0.1) is 0 Å². The van der Waals surface area contributed by atoms with Crippen molar-refractivity contribution in [3.8, 4) is 0 Å². The molecule has 0 spiro atoms. The number of carbonyl (C=O) groups excluding carboxylic acids is 2. The average molecular weight is 325 g/mol. The zero-order chi connectivity index (χ0) is 16.3. The van der Waals surface area contributed by atoms with E-state index in [-0.39, 0.29) is 23.8 Å². The van der Waals surface area contributed by atoms with Gasteiger partial charge in [0.15, 0.2) is 0 Å². The van der Waals surface area contributed by atoms with Crippen LogP contribution in [-0.2, 0) is 19.6 Å². The predicted molar refractivity (Wildman–Crippen MR) is 77.3 cm³/mol. The molecule has 1 N–H and O–H groups in total. The molecule has 0 aliphatic carbocycles. The van der Waals surface area contributed by atoms with Crippen LogP contribution in [0.3, 0.4) is 0 Å². The van der Waals surface area contributed by atoms with Crippen molar-refractivity contribution >= 4 is 27.6 Å². The van der Waals surface area contributed by atoms with E-state index >= 15 is 0 Å². The first-order valence-corrected chi connectivity index (χ1v) is 8.37.